The van der Waals surface area contributed by atoms with Crippen LogP contribution in [0, 0.1) is 12.7 Å². The van der Waals surface area contributed by atoms with Gasteiger partial charge in [0.25, 0.3) is 0 Å². The van der Waals surface area contributed by atoms with E-state index < -0.39 is 0 Å². The Morgan fingerprint density at radius 3 is 2.90 bits per heavy atom. The number of aryl methyl sites for hydroxylation is 1. The smallest absolute Gasteiger partial charge is 0.241 e. The van der Waals surface area contributed by atoms with Crippen LogP contribution in [0.2, 0.25) is 0 Å². The number of nitrogens with one attached hydrogen (secondary N) is 1. The van der Waals surface area contributed by atoms with E-state index in [-0.39, 0.29) is 23.7 Å². The minimum Gasteiger partial charge on any atom is -0.339 e. The van der Waals surface area contributed by atoms with E-state index in [1.807, 2.05) is 38.1 Å². The van der Waals surface area contributed by atoms with Gasteiger partial charge in [0.15, 0.2) is 0 Å². The summed E-state index contributed by atoms with van der Waals surface area (Å²) in [7, 11) is 0. The normalized spacial score (nSPS) is 18.2. The molecular formula is C23H25FN4O2. The van der Waals surface area contributed by atoms with Gasteiger partial charge in [-0.05, 0) is 63.1 Å². The maximum atomic E-state index is 13.5. The van der Waals surface area contributed by atoms with E-state index in [0.29, 0.717) is 23.8 Å². The molecule has 2 heterocycles. The number of rotatable bonds is 5. The first-order valence-electron chi connectivity index (χ1n) is 10.2. The molecule has 1 aliphatic rings. The molecule has 1 aliphatic heterocycles. The molecule has 2 atom stereocenters. The van der Waals surface area contributed by atoms with E-state index in [4.69, 9.17) is 4.52 Å². The number of anilines is 1. The topological polar surface area (TPSA) is 71.3 Å². The molecule has 0 radical (unpaired) electrons. The Balaban J connectivity index is 1.42. The van der Waals surface area contributed by atoms with Gasteiger partial charge in [-0.1, -0.05) is 29.4 Å². The van der Waals surface area contributed by atoms with E-state index in [9.17, 15) is 9.18 Å². The van der Waals surface area contributed by atoms with Crippen LogP contribution in [-0.4, -0.2) is 40.1 Å². The van der Waals surface area contributed by atoms with Crippen LogP contribution in [-0.2, 0) is 4.79 Å². The minimum absolute atomic E-state index is 0.0350. The first kappa shape index (κ1) is 20.2. The second-order valence-corrected chi connectivity index (χ2v) is 7.84. The summed E-state index contributed by atoms with van der Waals surface area (Å²) < 4.78 is 19.0. The molecule has 1 N–H and O–H groups in total. The maximum Gasteiger partial charge on any atom is 0.241 e. The first-order chi connectivity index (χ1) is 14.5. The van der Waals surface area contributed by atoms with E-state index in [1.54, 1.807) is 12.1 Å². The third-order valence-electron chi connectivity index (χ3n) is 5.54. The highest BCUT2D eigenvalue weighted by Crippen LogP contribution is 2.29. The second kappa shape index (κ2) is 8.75. The third kappa shape index (κ3) is 4.57. The Labute approximate surface area is 175 Å². The molecule has 1 saturated heterocycles. The molecule has 2 unspecified atom stereocenters. The van der Waals surface area contributed by atoms with Crippen molar-refractivity contribution in [2.75, 3.05) is 18.4 Å². The quantitative estimate of drug-likeness (QED) is 0.678. The Morgan fingerprint density at radius 1 is 1.27 bits per heavy atom. The van der Waals surface area contributed by atoms with Crippen LogP contribution >= 0.6 is 0 Å². The summed E-state index contributed by atoms with van der Waals surface area (Å²) in [5.74, 6) is 0.586. The van der Waals surface area contributed by atoms with Gasteiger partial charge in [0.05, 0.1) is 12.0 Å². The molecule has 1 fully saturated rings. The zero-order valence-corrected chi connectivity index (χ0v) is 17.1. The molecule has 1 aromatic heterocycles. The lowest BCUT2D eigenvalue weighted by Crippen LogP contribution is -2.46. The van der Waals surface area contributed by atoms with E-state index in [2.05, 4.69) is 20.4 Å². The molecule has 0 aliphatic carbocycles. The Hall–Kier alpha value is -3.06. The highest BCUT2D eigenvalue weighted by atomic mass is 19.1. The highest BCUT2D eigenvalue weighted by molar-refractivity contribution is 5.94. The van der Waals surface area contributed by atoms with Crippen molar-refractivity contribution in [3.63, 3.8) is 0 Å². The number of halogens is 1. The lowest BCUT2D eigenvalue weighted by Gasteiger charge is -2.34. The minimum atomic E-state index is -0.337. The summed E-state index contributed by atoms with van der Waals surface area (Å²) in [6, 6.07) is 13.6. The third-order valence-corrected chi connectivity index (χ3v) is 5.54. The Bertz CT molecular complexity index is 1040. The number of likely N-dealkylation sites (tertiary alicyclic amines) is 1. The predicted molar refractivity (Wildman–Crippen MR) is 113 cm³/mol. The van der Waals surface area contributed by atoms with Crippen LogP contribution in [0.4, 0.5) is 10.1 Å². The molecule has 4 rings (SSSR count). The fraction of sp³-hybridized carbons (Fsp3) is 0.348. The Morgan fingerprint density at radius 2 is 2.10 bits per heavy atom. The van der Waals surface area contributed by atoms with Gasteiger partial charge in [-0.2, -0.15) is 4.98 Å². The molecular weight excluding hydrogens is 383 g/mol. The van der Waals surface area contributed by atoms with Gasteiger partial charge in [-0.25, -0.2) is 4.39 Å². The van der Waals surface area contributed by atoms with Crippen molar-refractivity contribution in [2.24, 2.45) is 0 Å². The van der Waals surface area contributed by atoms with Crippen molar-refractivity contribution in [2.45, 2.75) is 38.6 Å². The van der Waals surface area contributed by atoms with Crippen molar-refractivity contribution >= 4 is 11.6 Å². The largest absolute Gasteiger partial charge is 0.339 e. The molecule has 6 nitrogen and oxygen atoms in total. The van der Waals surface area contributed by atoms with Gasteiger partial charge < -0.3 is 9.84 Å². The number of amides is 1. The van der Waals surface area contributed by atoms with Crippen LogP contribution in [0.5, 0.6) is 0 Å². The average molecular weight is 408 g/mol. The summed E-state index contributed by atoms with van der Waals surface area (Å²) in [6.07, 6.45) is 1.85. The lowest BCUT2D eigenvalue weighted by atomic mass is 9.96. The van der Waals surface area contributed by atoms with Crippen molar-refractivity contribution < 1.29 is 13.7 Å². The number of carbonyl (C=O) groups is 1. The van der Waals surface area contributed by atoms with Gasteiger partial charge in [0.2, 0.25) is 17.6 Å². The van der Waals surface area contributed by atoms with Crippen molar-refractivity contribution in [3.05, 3.63) is 65.8 Å². The average Bonchev–Trinajstić information content (AvgIpc) is 3.24. The molecule has 0 bridgehead atoms. The van der Waals surface area contributed by atoms with Crippen LogP contribution < -0.4 is 5.32 Å². The van der Waals surface area contributed by atoms with Crippen LogP contribution in [0.3, 0.4) is 0 Å². The SMILES string of the molecule is Cc1cccc(NC(=O)C(C)N2CCCC(c3nc(-c4cccc(F)c4)no3)C2)c1. The zero-order chi connectivity index (χ0) is 21.1. The van der Waals surface area contributed by atoms with E-state index in [1.165, 1.54) is 12.1 Å². The van der Waals surface area contributed by atoms with Gasteiger partial charge >= 0.3 is 0 Å². The van der Waals surface area contributed by atoms with E-state index >= 15 is 0 Å². The monoisotopic (exact) mass is 408 g/mol. The molecule has 1 amide bonds. The van der Waals surface area contributed by atoms with E-state index in [0.717, 1.165) is 30.6 Å². The molecule has 3 aromatic rings. The molecule has 2 aromatic carbocycles. The number of piperidine rings is 1. The van der Waals surface area contributed by atoms with Gasteiger partial charge in [0, 0.05) is 17.8 Å². The first-order valence-corrected chi connectivity index (χ1v) is 10.2. The molecule has 0 saturated carbocycles. The number of aromatic nitrogens is 2. The summed E-state index contributed by atoms with van der Waals surface area (Å²) in [4.78, 5) is 19.4. The number of hydrogen-bond acceptors (Lipinski definition) is 5. The molecule has 156 valence electrons. The van der Waals surface area contributed by atoms with Crippen molar-refractivity contribution in [3.8, 4) is 11.4 Å². The Kier molecular flexibility index (Phi) is 5.90. The fourth-order valence-electron chi connectivity index (χ4n) is 3.84. The second-order valence-electron chi connectivity index (χ2n) is 7.84. The van der Waals surface area contributed by atoms with Crippen LogP contribution in [0.1, 0.15) is 37.1 Å². The summed E-state index contributed by atoms with van der Waals surface area (Å²) >= 11 is 0. The number of nitrogens with zero attached hydrogens (tertiary/aromatic N) is 3. The van der Waals surface area contributed by atoms with Crippen molar-refractivity contribution in [1.82, 2.24) is 15.0 Å². The molecule has 0 spiro atoms. The number of benzene rings is 2. The fourth-order valence-corrected chi connectivity index (χ4v) is 3.84. The van der Waals surface area contributed by atoms with Gasteiger partial charge in [-0.3, -0.25) is 9.69 Å². The highest BCUT2D eigenvalue weighted by Gasteiger charge is 2.31. The number of hydrogen-bond donors (Lipinski definition) is 1. The zero-order valence-electron chi connectivity index (χ0n) is 17.1. The van der Waals surface area contributed by atoms with Crippen LogP contribution in [0.15, 0.2) is 53.1 Å². The summed E-state index contributed by atoms with van der Waals surface area (Å²) in [5.41, 5.74) is 2.49. The number of carbonyl (C=O) groups excluding carboxylic acids is 1. The van der Waals surface area contributed by atoms with Crippen molar-refractivity contribution in [1.29, 1.82) is 0 Å². The predicted octanol–water partition coefficient (Wildman–Crippen LogP) is 4.39. The maximum absolute atomic E-state index is 13.5. The lowest BCUT2D eigenvalue weighted by molar-refractivity contribution is -0.121. The molecule has 30 heavy (non-hydrogen) atoms. The summed E-state index contributed by atoms with van der Waals surface area (Å²) in [5, 5.41) is 7.02. The van der Waals surface area contributed by atoms with Crippen LogP contribution in [0.25, 0.3) is 11.4 Å². The van der Waals surface area contributed by atoms with Gasteiger partial charge in [0.1, 0.15) is 5.82 Å². The summed E-state index contributed by atoms with van der Waals surface area (Å²) in [6.45, 7) is 5.41. The molecule has 7 heteroatoms. The standard InChI is InChI=1S/C23H25FN4O2/c1-15-6-3-10-20(12-15)25-22(29)16(2)28-11-5-8-18(14-28)23-26-21(27-30-23)17-7-4-9-19(24)13-17/h3-4,6-7,9-10,12-13,16,18H,5,8,11,14H2,1-2H3,(H,25,29). The van der Waals surface area contributed by atoms with Gasteiger partial charge in [-0.15, -0.1) is 0 Å².